The monoisotopic (exact) mass is 726 g/mol. The molecule has 0 spiro atoms. The van der Waals surface area contributed by atoms with Gasteiger partial charge in [-0.2, -0.15) is 0 Å². The lowest BCUT2D eigenvalue weighted by atomic mass is 9.35. The van der Waals surface area contributed by atoms with Crippen molar-refractivity contribution in [2.24, 2.45) is 50.2 Å². The Kier molecular flexibility index (Phi) is 12.6. The van der Waals surface area contributed by atoms with Gasteiger partial charge in [-0.3, -0.25) is 0 Å². The summed E-state index contributed by atoms with van der Waals surface area (Å²) in [5, 5.41) is 35.6. The predicted molar refractivity (Wildman–Crippen MR) is 201 cm³/mol. The molecule has 0 aromatic heterocycles. The maximum Gasteiger partial charge on any atom is 0.330 e. The number of carbonyl (C=O) groups is 3. The molecule has 3 N–H and O–H groups in total. The largest absolute Gasteiger partial charge is 0.462 e. The summed E-state index contributed by atoms with van der Waals surface area (Å²) in [6.07, 6.45) is 12.5. The average Bonchev–Trinajstić information content (AvgIpc) is 3.06. The normalized spacial score (nSPS) is 43.1. The van der Waals surface area contributed by atoms with Gasteiger partial charge in [-0.25, -0.2) is 14.4 Å². The lowest BCUT2D eigenvalue weighted by Gasteiger charge is -2.70. The Morgan fingerprint density at radius 1 is 0.750 bits per heavy atom. The van der Waals surface area contributed by atoms with Gasteiger partial charge in [0, 0.05) is 23.6 Å². The topological polar surface area (TPSA) is 140 Å². The van der Waals surface area contributed by atoms with Gasteiger partial charge in [0.2, 0.25) is 0 Å². The van der Waals surface area contributed by atoms with E-state index in [1.807, 2.05) is 19.9 Å². The van der Waals surface area contributed by atoms with Crippen molar-refractivity contribution in [1.82, 2.24) is 0 Å². The Bertz CT molecular complexity index is 1430. The first-order valence-corrected chi connectivity index (χ1v) is 19.3. The van der Waals surface area contributed by atoms with Gasteiger partial charge < -0.3 is 29.5 Å². The first-order chi connectivity index (χ1) is 24.3. The van der Waals surface area contributed by atoms with Crippen LogP contribution in [0.15, 0.2) is 49.1 Å². The third-order valence-electron chi connectivity index (χ3n) is 14.9. The molecule has 0 aromatic rings. The molecular formula is C43H66O9. The Hall–Kier alpha value is -2.75. The molecule has 9 nitrogen and oxygen atoms in total. The minimum absolute atomic E-state index is 0.0430. The van der Waals surface area contributed by atoms with E-state index in [0.29, 0.717) is 25.7 Å². The van der Waals surface area contributed by atoms with Gasteiger partial charge in [-0.05, 0) is 112 Å². The molecule has 4 aliphatic carbocycles. The minimum atomic E-state index is -1.28. The summed E-state index contributed by atoms with van der Waals surface area (Å²) >= 11 is 0. The lowest BCUT2D eigenvalue weighted by molar-refractivity contribution is -0.277. The second-order valence-electron chi connectivity index (χ2n) is 18.2. The number of carbonyl (C=O) groups excluding carboxylic acids is 3. The molecule has 0 aromatic carbocycles. The minimum Gasteiger partial charge on any atom is -0.462 e. The summed E-state index contributed by atoms with van der Waals surface area (Å²) in [4.78, 5) is 38.1. The van der Waals surface area contributed by atoms with Crippen LogP contribution in [0.5, 0.6) is 0 Å². The quantitative estimate of drug-likeness (QED) is 0.0885. The first kappa shape index (κ1) is 42.0. The molecule has 52 heavy (non-hydrogen) atoms. The molecule has 4 rings (SSSR count). The molecular weight excluding hydrogens is 660 g/mol. The van der Waals surface area contributed by atoms with Gasteiger partial charge in [0.25, 0.3) is 0 Å². The molecule has 0 heterocycles. The first-order valence-electron chi connectivity index (χ1n) is 19.3. The summed E-state index contributed by atoms with van der Waals surface area (Å²) < 4.78 is 17.7. The lowest BCUT2D eigenvalue weighted by Crippen LogP contribution is -2.70. The Morgan fingerprint density at radius 3 is 1.90 bits per heavy atom. The highest BCUT2D eigenvalue weighted by Crippen LogP contribution is 2.73. The molecule has 3 unspecified atom stereocenters. The highest BCUT2D eigenvalue weighted by Gasteiger charge is 2.70. The third kappa shape index (κ3) is 7.11. The van der Waals surface area contributed by atoms with Crippen LogP contribution >= 0.6 is 0 Å². The Morgan fingerprint density at radius 2 is 1.33 bits per heavy atom. The van der Waals surface area contributed by atoms with Gasteiger partial charge in [-0.15, -0.1) is 6.58 Å². The second-order valence-corrected chi connectivity index (χ2v) is 18.2. The van der Waals surface area contributed by atoms with Crippen molar-refractivity contribution in [3.8, 4) is 0 Å². The van der Waals surface area contributed by atoms with E-state index in [4.69, 9.17) is 14.2 Å². The van der Waals surface area contributed by atoms with Crippen LogP contribution in [0.3, 0.4) is 0 Å². The number of aliphatic hydroxyl groups is 3. The number of fused-ring (bicyclic) bond motifs is 2. The number of esters is 3. The summed E-state index contributed by atoms with van der Waals surface area (Å²) in [7, 11) is 0. The van der Waals surface area contributed by atoms with E-state index in [-0.39, 0.29) is 41.8 Å². The smallest absolute Gasteiger partial charge is 0.330 e. The summed E-state index contributed by atoms with van der Waals surface area (Å²) in [5.74, 6) is -1.46. The molecule has 12 atom stereocenters. The molecule has 4 fully saturated rings. The van der Waals surface area contributed by atoms with Crippen molar-refractivity contribution in [2.75, 3.05) is 13.2 Å². The van der Waals surface area contributed by atoms with E-state index in [9.17, 15) is 29.7 Å². The van der Waals surface area contributed by atoms with Crippen LogP contribution in [0.2, 0.25) is 0 Å². The number of hydrogen-bond donors (Lipinski definition) is 3. The van der Waals surface area contributed by atoms with E-state index in [0.717, 1.165) is 25.7 Å². The number of rotatable bonds is 11. The van der Waals surface area contributed by atoms with E-state index in [1.165, 1.54) is 18.2 Å². The summed E-state index contributed by atoms with van der Waals surface area (Å²) in [6, 6.07) is 0. The molecule has 0 bridgehead atoms. The van der Waals surface area contributed by atoms with Crippen LogP contribution in [-0.2, 0) is 28.6 Å². The fraction of sp³-hybridized carbons (Fsp3) is 0.744. The van der Waals surface area contributed by atoms with Crippen molar-refractivity contribution in [3.05, 3.63) is 49.1 Å². The highest BCUT2D eigenvalue weighted by atomic mass is 16.6. The molecule has 292 valence electrons. The summed E-state index contributed by atoms with van der Waals surface area (Å²) in [6.45, 7) is 22.4. The fourth-order valence-electron chi connectivity index (χ4n) is 11.9. The number of ether oxygens (including phenoxy) is 3. The number of aliphatic hydroxyl groups excluding tert-OH is 3. The maximum atomic E-state index is 12.8. The van der Waals surface area contributed by atoms with Gasteiger partial charge in [0.05, 0.1) is 23.7 Å². The molecule has 0 amide bonds. The molecule has 0 saturated heterocycles. The molecule has 4 saturated carbocycles. The Balaban J connectivity index is 1.77. The van der Waals surface area contributed by atoms with Gasteiger partial charge in [0.15, 0.2) is 0 Å². The number of allylic oxidation sites excluding steroid dienone is 4. The van der Waals surface area contributed by atoms with Crippen LogP contribution in [-0.4, -0.2) is 70.9 Å². The predicted octanol–water partition coefficient (Wildman–Crippen LogP) is 7.04. The van der Waals surface area contributed by atoms with Crippen molar-refractivity contribution >= 4 is 17.9 Å². The van der Waals surface area contributed by atoms with Crippen molar-refractivity contribution in [3.63, 3.8) is 0 Å². The number of hydrogen-bond acceptors (Lipinski definition) is 9. The summed E-state index contributed by atoms with van der Waals surface area (Å²) in [5.41, 5.74) is -3.48. The van der Waals surface area contributed by atoms with E-state index >= 15 is 0 Å². The van der Waals surface area contributed by atoms with Crippen molar-refractivity contribution in [1.29, 1.82) is 0 Å². The third-order valence-corrected chi connectivity index (χ3v) is 14.9. The maximum absolute atomic E-state index is 12.8. The van der Waals surface area contributed by atoms with Crippen molar-refractivity contribution < 1.29 is 43.9 Å². The van der Waals surface area contributed by atoms with Crippen LogP contribution in [0.25, 0.3) is 0 Å². The molecule has 9 heteroatoms. The second kappa shape index (κ2) is 15.5. The zero-order valence-corrected chi connectivity index (χ0v) is 33.2. The SMILES string of the molecule is C=CCC1[C@@]2(C)CC[C@H](OC(=O)/C=C/C)[C@](C)(COC(=O)/C=C/C)C2CC[C@@]1(C)[C@@]1(C)CC2CC(C)(C)[C@@H](O)[C@H](O)[C@]2(COC(=O)/C=C/C)[C@H](O)C1. The zero-order chi connectivity index (χ0) is 38.9. The van der Waals surface area contributed by atoms with E-state index in [2.05, 4.69) is 34.3 Å². The van der Waals surface area contributed by atoms with Crippen LogP contribution in [0.4, 0.5) is 0 Å². The molecule has 4 aliphatic rings. The standard InChI is InChI=1S/C43H66O9/c1-11-15-30-40(8)21-20-32(52-35(47)18-14-4)41(9,26-50-33(45)16-12-2)29(40)19-22-42(30,10)39(7)24-28-23-38(5,6)36(48)37(49)43(28,31(44)25-39)27-51-34(46)17-13-3/h11-14,16-18,28-32,36-37,44,48-49H,1,15,19-27H2,2-10H3/b16-12+,17-13+,18-14+/t28?,29?,30?,31-,32+,36+,37+,39+,40+,41-,42-,43+/m1/s1. The Labute approximate surface area is 311 Å². The highest BCUT2D eigenvalue weighted by molar-refractivity contribution is 5.82. The van der Waals surface area contributed by atoms with Crippen LogP contribution < -0.4 is 0 Å². The van der Waals surface area contributed by atoms with Crippen LogP contribution in [0.1, 0.15) is 114 Å². The van der Waals surface area contributed by atoms with E-state index < -0.39 is 64.0 Å². The van der Waals surface area contributed by atoms with Crippen molar-refractivity contribution in [2.45, 2.75) is 138 Å². The van der Waals surface area contributed by atoms with Gasteiger partial charge in [-0.1, -0.05) is 65.8 Å². The van der Waals surface area contributed by atoms with E-state index in [1.54, 1.807) is 39.0 Å². The zero-order valence-electron chi connectivity index (χ0n) is 33.2. The van der Waals surface area contributed by atoms with Gasteiger partial charge >= 0.3 is 17.9 Å². The average molecular weight is 727 g/mol. The van der Waals surface area contributed by atoms with Gasteiger partial charge in [0.1, 0.15) is 19.3 Å². The molecule has 0 radical (unpaired) electrons. The van der Waals surface area contributed by atoms with Crippen LogP contribution in [0, 0.1) is 50.2 Å². The molecule has 0 aliphatic heterocycles. The fourth-order valence-corrected chi connectivity index (χ4v) is 11.9.